The predicted octanol–water partition coefficient (Wildman–Crippen LogP) is 2.20. The Morgan fingerprint density at radius 1 is 1.20 bits per heavy atom. The van der Waals surface area contributed by atoms with Crippen molar-refractivity contribution in [3.8, 4) is 0 Å². The number of fused-ring (bicyclic) bond motifs is 1. The molecule has 0 aromatic carbocycles. The van der Waals surface area contributed by atoms with Crippen LogP contribution < -0.4 is 0 Å². The van der Waals surface area contributed by atoms with Crippen LogP contribution >= 0.6 is 0 Å². The van der Waals surface area contributed by atoms with Crippen LogP contribution in [0.15, 0.2) is 16.6 Å². The van der Waals surface area contributed by atoms with E-state index in [0.717, 1.165) is 17.2 Å². The zero-order chi connectivity index (χ0) is 14.3. The number of azo groups is 1. The molecule has 9 heteroatoms. The lowest BCUT2D eigenvalue weighted by Gasteiger charge is -2.14. The summed E-state index contributed by atoms with van der Waals surface area (Å²) in [6.07, 6.45) is 1.38. The van der Waals surface area contributed by atoms with Gasteiger partial charge in [0.2, 0.25) is 0 Å². The first-order valence-electron chi connectivity index (χ1n) is 6.18. The van der Waals surface area contributed by atoms with E-state index in [0.29, 0.717) is 11.6 Å². The molecule has 0 aliphatic rings. The van der Waals surface area contributed by atoms with Gasteiger partial charge in [-0.15, -0.1) is 20.0 Å². The molecule has 0 saturated carbocycles. The third-order valence-electron chi connectivity index (χ3n) is 2.74. The van der Waals surface area contributed by atoms with Crippen molar-refractivity contribution in [1.29, 1.82) is 0 Å². The highest BCUT2D eigenvalue weighted by molar-refractivity contribution is 5.67. The van der Waals surface area contributed by atoms with Gasteiger partial charge in [0.15, 0.2) is 11.3 Å². The van der Waals surface area contributed by atoms with E-state index in [-0.39, 0.29) is 5.41 Å². The Labute approximate surface area is 114 Å². The van der Waals surface area contributed by atoms with E-state index in [1.165, 1.54) is 6.33 Å². The first-order chi connectivity index (χ1) is 9.45. The number of aromatic amines is 2. The maximum absolute atomic E-state index is 4.48. The van der Waals surface area contributed by atoms with E-state index in [1.807, 2.05) is 6.92 Å². The first-order valence-corrected chi connectivity index (χ1v) is 6.18. The van der Waals surface area contributed by atoms with Crippen LogP contribution in [0.4, 0.5) is 11.6 Å². The van der Waals surface area contributed by atoms with Gasteiger partial charge in [0.05, 0.1) is 5.69 Å². The molecule has 0 bridgehead atoms. The summed E-state index contributed by atoms with van der Waals surface area (Å²) in [4.78, 5) is 7.05. The van der Waals surface area contributed by atoms with E-state index in [9.17, 15) is 0 Å². The number of rotatable bonds is 2. The Morgan fingerprint density at radius 2 is 2.00 bits per heavy atom. The quantitative estimate of drug-likeness (QED) is 0.697. The molecule has 3 aromatic rings. The first kappa shape index (κ1) is 12.5. The van der Waals surface area contributed by atoms with Gasteiger partial charge in [-0.05, 0) is 6.92 Å². The Kier molecular flexibility index (Phi) is 2.63. The number of hydrogen-bond acceptors (Lipinski definition) is 6. The van der Waals surface area contributed by atoms with Gasteiger partial charge in [-0.1, -0.05) is 20.8 Å². The summed E-state index contributed by atoms with van der Waals surface area (Å²) in [6.45, 7) is 8.06. The zero-order valence-electron chi connectivity index (χ0n) is 11.7. The molecule has 2 N–H and O–H groups in total. The molecule has 0 unspecified atom stereocenters. The summed E-state index contributed by atoms with van der Waals surface area (Å²) >= 11 is 0. The molecule has 20 heavy (non-hydrogen) atoms. The zero-order valence-corrected chi connectivity index (χ0v) is 11.7. The highest BCUT2D eigenvalue weighted by Crippen LogP contribution is 2.34. The van der Waals surface area contributed by atoms with Crippen LogP contribution in [0, 0.1) is 6.92 Å². The second-order valence-corrected chi connectivity index (χ2v) is 5.50. The molecular formula is C11H15N9. The number of hydrogen-bond donors (Lipinski definition) is 2. The lowest BCUT2D eigenvalue weighted by Crippen LogP contribution is -2.12. The van der Waals surface area contributed by atoms with Crippen LogP contribution in [0.1, 0.15) is 32.3 Å². The monoisotopic (exact) mass is 273 g/mol. The third-order valence-corrected chi connectivity index (χ3v) is 2.74. The highest BCUT2D eigenvalue weighted by atomic mass is 15.5. The van der Waals surface area contributed by atoms with Gasteiger partial charge >= 0.3 is 0 Å². The smallest absolute Gasteiger partial charge is 0.264 e. The lowest BCUT2D eigenvalue weighted by atomic mass is 9.91. The summed E-state index contributed by atoms with van der Waals surface area (Å²) in [6, 6.07) is 0. The van der Waals surface area contributed by atoms with Gasteiger partial charge in [-0.25, -0.2) is 5.10 Å². The second kappa shape index (κ2) is 4.22. The fourth-order valence-electron chi connectivity index (χ4n) is 1.86. The Morgan fingerprint density at radius 3 is 2.65 bits per heavy atom. The number of aryl methyl sites for hydroxylation is 1. The van der Waals surface area contributed by atoms with Gasteiger partial charge in [0.1, 0.15) is 12.2 Å². The second-order valence-electron chi connectivity index (χ2n) is 5.50. The standard InChI is InChI=1S/C11H15N9/c1-6-14-9-7(15-17-10-12-5-13-16-10)8(11(2,3)4)19-20(9)18-6/h5H,1-4H3,(H,14,18)(H,12,13,16)/b17-15+. The fraction of sp³-hybridized carbons (Fsp3) is 0.455. The van der Waals surface area contributed by atoms with Crippen molar-refractivity contribution in [3.05, 3.63) is 17.8 Å². The molecule has 3 heterocycles. The molecule has 9 nitrogen and oxygen atoms in total. The van der Waals surface area contributed by atoms with Crippen molar-refractivity contribution in [2.75, 3.05) is 0 Å². The molecule has 0 spiro atoms. The molecule has 0 radical (unpaired) electrons. The molecule has 3 rings (SSSR count). The van der Waals surface area contributed by atoms with E-state index in [1.54, 1.807) is 4.63 Å². The molecule has 0 saturated heterocycles. The van der Waals surface area contributed by atoms with E-state index in [2.05, 4.69) is 61.4 Å². The summed E-state index contributed by atoms with van der Waals surface area (Å²) in [5.41, 5.74) is 2.03. The number of H-pyrrole nitrogens is 2. The molecule has 0 aliphatic carbocycles. The van der Waals surface area contributed by atoms with Crippen molar-refractivity contribution in [1.82, 2.24) is 35.0 Å². The van der Waals surface area contributed by atoms with E-state index < -0.39 is 0 Å². The average molecular weight is 273 g/mol. The minimum Gasteiger partial charge on any atom is -0.324 e. The van der Waals surface area contributed by atoms with Gasteiger partial charge in [0, 0.05) is 5.41 Å². The summed E-state index contributed by atoms with van der Waals surface area (Å²) in [5.74, 6) is 1.12. The van der Waals surface area contributed by atoms with Crippen molar-refractivity contribution in [3.63, 3.8) is 0 Å². The van der Waals surface area contributed by atoms with E-state index in [4.69, 9.17) is 0 Å². The summed E-state index contributed by atoms with van der Waals surface area (Å²) < 4.78 is 1.55. The minimum atomic E-state index is -0.168. The fourth-order valence-corrected chi connectivity index (χ4v) is 1.86. The van der Waals surface area contributed by atoms with Gasteiger partial charge < -0.3 is 4.98 Å². The Hall–Kier alpha value is -2.58. The Balaban J connectivity index is 2.15. The van der Waals surface area contributed by atoms with Crippen LogP contribution in [0.3, 0.4) is 0 Å². The predicted molar refractivity (Wildman–Crippen MR) is 71.3 cm³/mol. The molecule has 0 atom stereocenters. The van der Waals surface area contributed by atoms with Crippen molar-refractivity contribution in [2.45, 2.75) is 33.1 Å². The van der Waals surface area contributed by atoms with Crippen LogP contribution in [-0.2, 0) is 5.41 Å². The molecule has 0 fully saturated rings. The number of nitrogens with one attached hydrogen (secondary N) is 2. The van der Waals surface area contributed by atoms with Crippen molar-refractivity contribution < 1.29 is 0 Å². The molecule has 0 aliphatic heterocycles. The minimum absolute atomic E-state index is 0.168. The molecular weight excluding hydrogens is 258 g/mol. The maximum Gasteiger partial charge on any atom is 0.264 e. The Bertz CT molecular complexity index is 754. The van der Waals surface area contributed by atoms with Crippen molar-refractivity contribution >= 4 is 17.3 Å². The largest absolute Gasteiger partial charge is 0.324 e. The van der Waals surface area contributed by atoms with Crippen LogP contribution in [0.25, 0.3) is 5.65 Å². The SMILES string of the molecule is Cc1nn2nc(C(C)(C)C)c(/N=N/c3ncn[nH]3)c2[nH]1. The maximum atomic E-state index is 4.48. The summed E-state index contributed by atoms with van der Waals surface area (Å²) in [7, 11) is 0. The molecule has 104 valence electrons. The average Bonchev–Trinajstić information content (AvgIpc) is 3.00. The molecule has 0 amide bonds. The topological polar surface area (TPSA) is 112 Å². The molecule has 3 aromatic heterocycles. The summed E-state index contributed by atoms with van der Waals surface area (Å²) in [5, 5.41) is 23.4. The highest BCUT2D eigenvalue weighted by Gasteiger charge is 2.26. The van der Waals surface area contributed by atoms with Crippen molar-refractivity contribution in [2.24, 2.45) is 10.2 Å². The van der Waals surface area contributed by atoms with Gasteiger partial charge in [-0.3, -0.25) is 0 Å². The van der Waals surface area contributed by atoms with Crippen LogP contribution in [0.2, 0.25) is 0 Å². The normalized spacial score (nSPS) is 12.8. The number of nitrogens with zero attached hydrogens (tertiary/aromatic N) is 7. The van der Waals surface area contributed by atoms with E-state index >= 15 is 0 Å². The lowest BCUT2D eigenvalue weighted by molar-refractivity contribution is 0.557. The third kappa shape index (κ3) is 2.06. The number of aromatic nitrogens is 7. The van der Waals surface area contributed by atoms with Gasteiger partial charge in [-0.2, -0.15) is 15.2 Å². The van der Waals surface area contributed by atoms with Gasteiger partial charge in [0.25, 0.3) is 5.95 Å². The van der Waals surface area contributed by atoms with Crippen LogP contribution in [0.5, 0.6) is 0 Å². The van der Waals surface area contributed by atoms with Crippen LogP contribution in [-0.4, -0.2) is 35.0 Å².